The zero-order chi connectivity index (χ0) is 14.5. The maximum Gasteiger partial charge on any atom is 0.309 e. The molecule has 0 bridgehead atoms. The molecule has 2 aliphatic rings. The molecule has 2 fully saturated rings. The topological polar surface area (TPSA) is 72.8 Å². The SMILES string of the molecule is COC1CCC(C(=O)OC2CCC(C(=O)O)CC2)CC1. The highest BCUT2D eigenvalue weighted by atomic mass is 16.5. The van der Waals surface area contributed by atoms with Gasteiger partial charge in [-0.1, -0.05) is 0 Å². The Balaban J connectivity index is 1.72. The van der Waals surface area contributed by atoms with Crippen LogP contribution >= 0.6 is 0 Å². The molecular weight excluding hydrogens is 260 g/mol. The number of carboxylic acids is 1. The van der Waals surface area contributed by atoms with Crippen molar-refractivity contribution in [2.24, 2.45) is 11.8 Å². The molecule has 0 amide bonds. The van der Waals surface area contributed by atoms with E-state index in [9.17, 15) is 9.59 Å². The van der Waals surface area contributed by atoms with Crippen molar-refractivity contribution < 1.29 is 24.2 Å². The van der Waals surface area contributed by atoms with Crippen LogP contribution in [0.15, 0.2) is 0 Å². The summed E-state index contributed by atoms with van der Waals surface area (Å²) in [4.78, 5) is 23.0. The zero-order valence-corrected chi connectivity index (χ0v) is 12.0. The van der Waals surface area contributed by atoms with Gasteiger partial charge in [0, 0.05) is 7.11 Å². The first-order chi connectivity index (χ1) is 9.60. The van der Waals surface area contributed by atoms with E-state index in [1.165, 1.54) is 0 Å². The normalized spacial score (nSPS) is 34.5. The number of hydrogen-bond donors (Lipinski definition) is 1. The van der Waals surface area contributed by atoms with Crippen LogP contribution in [0.25, 0.3) is 0 Å². The van der Waals surface area contributed by atoms with Crippen LogP contribution in [0.5, 0.6) is 0 Å². The number of esters is 1. The molecule has 2 saturated carbocycles. The van der Waals surface area contributed by atoms with E-state index in [4.69, 9.17) is 14.6 Å². The summed E-state index contributed by atoms with van der Waals surface area (Å²) in [5.74, 6) is -1.09. The largest absolute Gasteiger partial charge is 0.481 e. The fourth-order valence-corrected chi connectivity index (χ4v) is 3.22. The molecule has 0 heterocycles. The third kappa shape index (κ3) is 3.95. The van der Waals surface area contributed by atoms with E-state index in [0.717, 1.165) is 25.7 Å². The van der Waals surface area contributed by atoms with Crippen molar-refractivity contribution in [1.29, 1.82) is 0 Å². The standard InChI is InChI=1S/C15H24O5/c1-19-12-6-4-11(5-7-12)15(18)20-13-8-2-10(3-9-13)14(16)17/h10-13H,2-9H2,1H3,(H,16,17). The minimum absolute atomic E-state index is 0.00130. The molecule has 0 aliphatic heterocycles. The molecule has 5 nitrogen and oxygen atoms in total. The van der Waals surface area contributed by atoms with Crippen LogP contribution in [0.3, 0.4) is 0 Å². The summed E-state index contributed by atoms with van der Waals surface area (Å²) in [5, 5.41) is 8.94. The molecule has 0 spiro atoms. The van der Waals surface area contributed by atoms with Crippen LogP contribution in [0.1, 0.15) is 51.4 Å². The van der Waals surface area contributed by atoms with E-state index in [2.05, 4.69) is 0 Å². The van der Waals surface area contributed by atoms with Crippen molar-refractivity contribution in [3.8, 4) is 0 Å². The van der Waals surface area contributed by atoms with Crippen molar-refractivity contribution in [2.45, 2.75) is 63.6 Å². The number of methoxy groups -OCH3 is 1. The molecule has 0 saturated heterocycles. The number of hydrogen-bond acceptors (Lipinski definition) is 4. The molecule has 2 aliphatic carbocycles. The lowest BCUT2D eigenvalue weighted by Gasteiger charge is -2.30. The average Bonchev–Trinajstić information content (AvgIpc) is 2.48. The monoisotopic (exact) mass is 284 g/mol. The number of carboxylic acid groups (broad SMARTS) is 1. The van der Waals surface area contributed by atoms with Gasteiger partial charge >= 0.3 is 11.9 Å². The van der Waals surface area contributed by atoms with Crippen LogP contribution in [0.2, 0.25) is 0 Å². The summed E-state index contributed by atoms with van der Waals surface area (Å²) < 4.78 is 10.9. The number of aliphatic carboxylic acids is 1. The second-order valence-corrected chi connectivity index (χ2v) is 5.96. The van der Waals surface area contributed by atoms with Crippen LogP contribution in [-0.2, 0) is 19.1 Å². The van der Waals surface area contributed by atoms with Crippen LogP contribution in [0.4, 0.5) is 0 Å². The Morgan fingerprint density at radius 1 is 0.850 bits per heavy atom. The van der Waals surface area contributed by atoms with Gasteiger partial charge < -0.3 is 14.6 Å². The summed E-state index contributed by atoms with van der Waals surface area (Å²) in [6, 6.07) is 0. The lowest BCUT2D eigenvalue weighted by molar-refractivity contribution is -0.158. The quantitative estimate of drug-likeness (QED) is 0.802. The smallest absolute Gasteiger partial charge is 0.309 e. The van der Waals surface area contributed by atoms with Gasteiger partial charge in [0.1, 0.15) is 6.10 Å². The van der Waals surface area contributed by atoms with Gasteiger partial charge in [0.05, 0.1) is 17.9 Å². The highest BCUT2D eigenvalue weighted by molar-refractivity contribution is 5.73. The first kappa shape index (κ1) is 15.3. The minimum atomic E-state index is -0.729. The van der Waals surface area contributed by atoms with Crippen molar-refractivity contribution in [2.75, 3.05) is 7.11 Å². The fraction of sp³-hybridized carbons (Fsp3) is 0.867. The van der Waals surface area contributed by atoms with Gasteiger partial charge in [0.25, 0.3) is 0 Å². The Kier molecular flexibility index (Phi) is 5.40. The lowest BCUT2D eigenvalue weighted by atomic mass is 9.86. The van der Waals surface area contributed by atoms with Crippen molar-refractivity contribution in [3.63, 3.8) is 0 Å². The van der Waals surface area contributed by atoms with Crippen LogP contribution in [-0.4, -0.2) is 36.4 Å². The molecule has 2 rings (SSSR count). The van der Waals surface area contributed by atoms with Gasteiger partial charge in [-0.15, -0.1) is 0 Å². The number of carbonyl (C=O) groups excluding carboxylic acids is 1. The number of rotatable bonds is 4. The molecule has 0 atom stereocenters. The van der Waals surface area contributed by atoms with Crippen molar-refractivity contribution in [3.05, 3.63) is 0 Å². The number of carbonyl (C=O) groups is 2. The molecular formula is C15H24O5. The van der Waals surface area contributed by atoms with E-state index in [1.807, 2.05) is 0 Å². The molecule has 114 valence electrons. The second kappa shape index (κ2) is 7.07. The van der Waals surface area contributed by atoms with E-state index in [0.29, 0.717) is 25.7 Å². The van der Waals surface area contributed by atoms with E-state index in [-0.39, 0.29) is 30.0 Å². The summed E-state index contributed by atoms with van der Waals surface area (Å²) in [6.45, 7) is 0. The molecule has 0 aromatic heterocycles. The summed E-state index contributed by atoms with van der Waals surface area (Å²) in [6.07, 6.45) is 6.29. The van der Waals surface area contributed by atoms with Crippen molar-refractivity contribution in [1.82, 2.24) is 0 Å². The molecule has 0 unspecified atom stereocenters. The Hall–Kier alpha value is -1.10. The highest BCUT2D eigenvalue weighted by Crippen LogP contribution is 2.30. The predicted molar refractivity (Wildman–Crippen MR) is 72.2 cm³/mol. The third-order valence-corrected chi connectivity index (χ3v) is 4.65. The summed E-state index contributed by atoms with van der Waals surface area (Å²) in [7, 11) is 1.71. The van der Waals surface area contributed by atoms with Gasteiger partial charge in [-0.05, 0) is 51.4 Å². The second-order valence-electron chi connectivity index (χ2n) is 5.96. The van der Waals surface area contributed by atoms with Gasteiger partial charge in [0.15, 0.2) is 0 Å². The minimum Gasteiger partial charge on any atom is -0.481 e. The Morgan fingerprint density at radius 2 is 1.35 bits per heavy atom. The lowest BCUT2D eigenvalue weighted by Crippen LogP contribution is -2.32. The molecule has 0 radical (unpaired) electrons. The van der Waals surface area contributed by atoms with Crippen LogP contribution < -0.4 is 0 Å². The van der Waals surface area contributed by atoms with E-state index >= 15 is 0 Å². The molecule has 0 aromatic rings. The van der Waals surface area contributed by atoms with Gasteiger partial charge in [-0.3, -0.25) is 9.59 Å². The zero-order valence-electron chi connectivity index (χ0n) is 12.0. The molecule has 1 N–H and O–H groups in total. The van der Waals surface area contributed by atoms with Gasteiger partial charge in [-0.25, -0.2) is 0 Å². The first-order valence-corrected chi connectivity index (χ1v) is 7.56. The van der Waals surface area contributed by atoms with E-state index < -0.39 is 5.97 Å². The van der Waals surface area contributed by atoms with Crippen molar-refractivity contribution >= 4 is 11.9 Å². The maximum absolute atomic E-state index is 12.1. The Morgan fingerprint density at radius 3 is 1.85 bits per heavy atom. The predicted octanol–water partition coefficient (Wildman–Crippen LogP) is 2.38. The van der Waals surface area contributed by atoms with Gasteiger partial charge in [-0.2, -0.15) is 0 Å². The van der Waals surface area contributed by atoms with E-state index in [1.54, 1.807) is 7.11 Å². The Bertz CT molecular complexity index is 338. The maximum atomic E-state index is 12.1. The fourth-order valence-electron chi connectivity index (χ4n) is 3.22. The molecule has 20 heavy (non-hydrogen) atoms. The third-order valence-electron chi connectivity index (χ3n) is 4.65. The van der Waals surface area contributed by atoms with Gasteiger partial charge in [0.2, 0.25) is 0 Å². The summed E-state index contributed by atoms with van der Waals surface area (Å²) >= 11 is 0. The number of ether oxygens (including phenoxy) is 2. The molecule has 5 heteroatoms. The Labute approximate surface area is 119 Å². The first-order valence-electron chi connectivity index (χ1n) is 7.56. The highest BCUT2D eigenvalue weighted by Gasteiger charge is 2.32. The average molecular weight is 284 g/mol. The summed E-state index contributed by atoms with van der Waals surface area (Å²) in [5.41, 5.74) is 0. The van der Waals surface area contributed by atoms with Crippen LogP contribution in [0, 0.1) is 11.8 Å². The molecule has 0 aromatic carbocycles.